The summed E-state index contributed by atoms with van der Waals surface area (Å²) in [5.41, 5.74) is -0.463. The first kappa shape index (κ1) is 43.6. The van der Waals surface area contributed by atoms with Crippen LogP contribution in [0.25, 0.3) is 0 Å². The van der Waals surface area contributed by atoms with Crippen molar-refractivity contribution in [3.05, 3.63) is 58.6 Å². The minimum Gasteiger partial charge on any atom is -0.378 e. The van der Waals surface area contributed by atoms with Gasteiger partial charge in [-0.25, -0.2) is 0 Å². The minimum absolute atomic E-state index is 0.0412. The SMILES string of the molecule is CCCCN1C(=O)c2cc(Cl)ccc2NC(=O)C1c1ccc(OS(=O)(=O)C(F)(F)C(F)(F)C(F)(F)C(F)(F)C(F)(F)C(F)(F)C(F)(F)C(F)(F)F)cc1. The maximum atomic E-state index is 14.5. The molecule has 0 saturated carbocycles. The molecule has 2 aromatic rings. The van der Waals surface area contributed by atoms with Crippen molar-refractivity contribution in [2.45, 2.75) is 72.8 Å². The monoisotopic (exact) mass is 840 g/mol. The summed E-state index contributed by atoms with van der Waals surface area (Å²) in [7, 11) is -7.89. The van der Waals surface area contributed by atoms with E-state index in [2.05, 4.69) is 9.50 Å². The third kappa shape index (κ3) is 6.68. The fraction of sp³-hybridized carbons (Fsp3) is 0.481. The molecule has 1 unspecified atom stereocenters. The summed E-state index contributed by atoms with van der Waals surface area (Å²) in [5, 5.41) is -5.44. The van der Waals surface area contributed by atoms with Gasteiger partial charge >= 0.3 is 57.1 Å². The summed E-state index contributed by atoms with van der Waals surface area (Å²) in [4.78, 5) is 27.5. The lowest BCUT2D eigenvalue weighted by Gasteiger charge is -2.42. The molecule has 53 heavy (non-hydrogen) atoms. The maximum Gasteiger partial charge on any atom is 0.460 e. The maximum absolute atomic E-state index is 14.5. The predicted octanol–water partition coefficient (Wildman–Crippen LogP) is 8.95. The molecular weight excluding hydrogens is 823 g/mol. The van der Waals surface area contributed by atoms with Crippen LogP contribution >= 0.6 is 11.6 Å². The van der Waals surface area contributed by atoms with Crippen LogP contribution in [0, 0.1) is 0 Å². The van der Waals surface area contributed by atoms with E-state index in [-0.39, 0.29) is 46.9 Å². The van der Waals surface area contributed by atoms with E-state index < -0.39 is 80.7 Å². The summed E-state index contributed by atoms with van der Waals surface area (Å²) in [6.45, 7) is 1.53. The number of hydrogen-bond acceptors (Lipinski definition) is 5. The van der Waals surface area contributed by atoms with E-state index in [0.29, 0.717) is 18.6 Å². The van der Waals surface area contributed by atoms with Crippen molar-refractivity contribution in [1.29, 1.82) is 0 Å². The van der Waals surface area contributed by atoms with Gasteiger partial charge in [0.05, 0.1) is 11.3 Å². The second-order valence-electron chi connectivity index (χ2n) is 11.0. The summed E-state index contributed by atoms with van der Waals surface area (Å²) in [6, 6.07) is 3.80. The van der Waals surface area contributed by atoms with Gasteiger partial charge in [0.25, 0.3) is 11.8 Å². The number of halogens is 18. The molecule has 0 bridgehead atoms. The molecule has 2 aromatic carbocycles. The fourth-order valence-corrected chi connectivity index (χ4v) is 5.58. The van der Waals surface area contributed by atoms with Crippen molar-refractivity contribution in [2.75, 3.05) is 11.9 Å². The molecule has 0 fully saturated rings. The van der Waals surface area contributed by atoms with Crippen molar-refractivity contribution < 1.29 is 96.8 Å². The highest BCUT2D eigenvalue weighted by molar-refractivity contribution is 7.88. The van der Waals surface area contributed by atoms with Crippen molar-refractivity contribution >= 4 is 39.2 Å². The van der Waals surface area contributed by atoms with Gasteiger partial charge in [-0.15, -0.1) is 0 Å². The predicted molar refractivity (Wildman–Crippen MR) is 145 cm³/mol. The van der Waals surface area contributed by atoms with Crippen LogP contribution in [-0.4, -0.2) is 78.6 Å². The zero-order valence-corrected chi connectivity index (χ0v) is 27.0. The van der Waals surface area contributed by atoms with Crippen molar-refractivity contribution in [2.24, 2.45) is 0 Å². The quantitative estimate of drug-likeness (QED) is 0.161. The Morgan fingerprint density at radius 2 is 1.19 bits per heavy atom. The van der Waals surface area contributed by atoms with Gasteiger partial charge in [-0.3, -0.25) is 9.59 Å². The molecule has 1 atom stereocenters. The largest absolute Gasteiger partial charge is 0.460 e. The third-order valence-electron chi connectivity index (χ3n) is 7.45. The number of amides is 2. The molecule has 0 aliphatic carbocycles. The van der Waals surface area contributed by atoms with Crippen LogP contribution in [-0.2, 0) is 14.9 Å². The summed E-state index contributed by atoms with van der Waals surface area (Å²) >= 11 is 5.93. The number of carbonyl (C=O) groups excluding carboxylic acids is 2. The van der Waals surface area contributed by atoms with Gasteiger partial charge in [-0.05, 0) is 42.3 Å². The highest BCUT2D eigenvalue weighted by atomic mass is 35.5. The van der Waals surface area contributed by atoms with Gasteiger partial charge in [-0.2, -0.15) is 83.1 Å². The number of anilines is 1. The van der Waals surface area contributed by atoms with E-state index in [4.69, 9.17) is 11.6 Å². The zero-order chi connectivity index (χ0) is 41.2. The second-order valence-corrected chi connectivity index (χ2v) is 13.0. The van der Waals surface area contributed by atoms with Crippen molar-refractivity contribution in [3.63, 3.8) is 0 Å². The van der Waals surface area contributed by atoms with Crippen LogP contribution in [0.1, 0.15) is 41.7 Å². The van der Waals surface area contributed by atoms with Gasteiger partial charge in [0.15, 0.2) is 0 Å². The lowest BCUT2D eigenvalue weighted by Crippen LogP contribution is -2.75. The van der Waals surface area contributed by atoms with Gasteiger partial charge in [0.1, 0.15) is 11.8 Å². The molecule has 0 radical (unpaired) electrons. The molecule has 0 aromatic heterocycles. The van der Waals surface area contributed by atoms with Crippen LogP contribution < -0.4 is 9.50 Å². The molecule has 3 rings (SSSR count). The Bertz CT molecular complexity index is 1840. The van der Waals surface area contributed by atoms with Gasteiger partial charge in [-0.1, -0.05) is 37.1 Å². The van der Waals surface area contributed by atoms with Crippen LogP contribution in [0.4, 0.5) is 80.3 Å². The van der Waals surface area contributed by atoms with Crippen molar-refractivity contribution in [1.82, 2.24) is 4.90 Å². The van der Waals surface area contributed by atoms with E-state index in [0.717, 1.165) is 4.90 Å². The van der Waals surface area contributed by atoms with Crippen LogP contribution in [0.5, 0.6) is 5.75 Å². The van der Waals surface area contributed by atoms with Crippen molar-refractivity contribution in [3.8, 4) is 5.75 Å². The van der Waals surface area contributed by atoms with E-state index in [9.17, 15) is 92.6 Å². The number of hydrogen-bond donors (Lipinski definition) is 1. The lowest BCUT2D eigenvalue weighted by molar-refractivity contribution is -0.458. The van der Waals surface area contributed by atoms with Crippen LogP contribution in [0.15, 0.2) is 42.5 Å². The molecule has 1 N–H and O–H groups in total. The number of nitrogens with zero attached hydrogens (tertiary/aromatic N) is 1. The number of rotatable bonds is 13. The van der Waals surface area contributed by atoms with E-state index in [1.165, 1.54) is 18.2 Å². The normalized spacial score (nSPS) is 17.3. The van der Waals surface area contributed by atoms with E-state index >= 15 is 0 Å². The number of benzene rings is 2. The fourth-order valence-electron chi connectivity index (χ4n) is 4.50. The number of unbranched alkanes of at least 4 members (excludes halogenated alkanes) is 1. The number of fused-ring (bicyclic) bond motifs is 1. The highest BCUT2D eigenvalue weighted by Crippen LogP contribution is 2.64. The molecule has 1 aliphatic heterocycles. The Balaban J connectivity index is 2.00. The van der Waals surface area contributed by atoms with E-state index in [1.54, 1.807) is 6.92 Å². The molecule has 298 valence electrons. The summed E-state index contributed by atoms with van der Waals surface area (Å²) in [6.07, 6.45) is -7.26. The Labute approximate surface area is 290 Å². The molecule has 0 spiro atoms. The Hall–Kier alpha value is -3.77. The first-order chi connectivity index (χ1) is 23.7. The smallest absolute Gasteiger partial charge is 0.378 e. The Morgan fingerprint density at radius 1 is 0.717 bits per heavy atom. The van der Waals surface area contributed by atoms with Gasteiger partial charge in [0, 0.05) is 11.6 Å². The Kier molecular flexibility index (Phi) is 11.1. The van der Waals surface area contributed by atoms with Gasteiger partial charge in [0.2, 0.25) is 0 Å². The average molecular weight is 841 g/mol. The molecule has 1 aliphatic rings. The second kappa shape index (κ2) is 13.5. The molecular formula is C27H18ClF17N2O5S. The summed E-state index contributed by atoms with van der Waals surface area (Å²) in [5.74, 6) is -55.9. The first-order valence-corrected chi connectivity index (χ1v) is 15.6. The lowest BCUT2D eigenvalue weighted by atomic mass is 9.91. The zero-order valence-electron chi connectivity index (χ0n) is 25.4. The summed E-state index contributed by atoms with van der Waals surface area (Å²) < 4.78 is 259. The van der Waals surface area contributed by atoms with Gasteiger partial charge < -0.3 is 14.4 Å². The number of carbonyl (C=O) groups is 2. The van der Waals surface area contributed by atoms with Crippen LogP contribution in [0.3, 0.4) is 0 Å². The molecule has 7 nitrogen and oxygen atoms in total. The average Bonchev–Trinajstić information content (AvgIpc) is 3.12. The first-order valence-electron chi connectivity index (χ1n) is 13.9. The van der Waals surface area contributed by atoms with Crippen LogP contribution in [0.2, 0.25) is 5.02 Å². The topological polar surface area (TPSA) is 92.8 Å². The highest BCUT2D eigenvalue weighted by Gasteiger charge is 2.96. The standard InChI is InChI=1S/C27H18ClF17N2O5S/c1-2-3-10-47-17(18(48)46-16-9-6-13(28)11-15(16)19(47)49)12-4-7-14(8-5-12)52-53(50,51)27(44,45)25(39,40)23(35,36)21(31,32)20(29,30)22(33,34)24(37,38)26(41,42)43/h4-9,11,17H,2-3,10H2,1H3,(H,46,48). The molecule has 1 heterocycles. The van der Waals surface area contributed by atoms with E-state index in [1.807, 2.05) is 0 Å². The minimum atomic E-state index is -8.99. The third-order valence-corrected chi connectivity index (χ3v) is 8.98. The Morgan fingerprint density at radius 3 is 1.66 bits per heavy atom. The molecule has 2 amide bonds. The number of alkyl halides is 17. The molecule has 0 saturated heterocycles. The number of nitrogens with one attached hydrogen (secondary N) is 1. The molecule has 26 heteroatoms.